The molecule has 2 aromatic heterocycles. The Balaban J connectivity index is 1.65. The number of ether oxygens (including phenoxy) is 1. The summed E-state index contributed by atoms with van der Waals surface area (Å²) in [6.45, 7) is 5.93. The van der Waals surface area contributed by atoms with E-state index in [9.17, 15) is 4.79 Å². The lowest BCUT2D eigenvalue weighted by Crippen LogP contribution is -2.26. The van der Waals surface area contributed by atoms with Crippen molar-refractivity contribution in [2.45, 2.75) is 33.4 Å². The highest BCUT2D eigenvalue weighted by Crippen LogP contribution is 2.19. The van der Waals surface area contributed by atoms with Gasteiger partial charge in [-0.2, -0.15) is 0 Å². The first kappa shape index (κ1) is 16.8. The molecular weight excluding hydrogens is 320 g/mol. The van der Waals surface area contributed by atoms with E-state index in [1.54, 1.807) is 30.5 Å². The molecule has 0 saturated heterocycles. The molecule has 1 atom stereocenters. The van der Waals surface area contributed by atoms with Gasteiger partial charge >= 0.3 is 0 Å². The number of hydrogen-bond donors (Lipinski definition) is 1. The number of amides is 1. The van der Waals surface area contributed by atoms with Crippen molar-refractivity contribution in [1.82, 2.24) is 10.5 Å². The van der Waals surface area contributed by atoms with Crippen molar-refractivity contribution >= 4 is 5.91 Å². The van der Waals surface area contributed by atoms with Gasteiger partial charge in [0, 0.05) is 5.56 Å². The van der Waals surface area contributed by atoms with Crippen LogP contribution in [-0.4, -0.2) is 11.1 Å². The average Bonchev–Trinajstić information content (AvgIpc) is 3.24. The molecule has 0 aliphatic heterocycles. The quantitative estimate of drug-likeness (QED) is 0.735. The highest BCUT2D eigenvalue weighted by atomic mass is 16.5. The Morgan fingerprint density at radius 1 is 1.28 bits per heavy atom. The molecule has 6 nitrogen and oxygen atoms in total. The van der Waals surface area contributed by atoms with Crippen molar-refractivity contribution in [2.24, 2.45) is 0 Å². The maximum absolute atomic E-state index is 12.4. The Bertz CT molecular complexity index is 833. The van der Waals surface area contributed by atoms with Crippen LogP contribution < -0.4 is 10.1 Å². The second kappa shape index (κ2) is 7.25. The Hall–Kier alpha value is -3.02. The van der Waals surface area contributed by atoms with Crippen molar-refractivity contribution in [1.29, 1.82) is 0 Å². The molecule has 1 amide bonds. The molecule has 0 fully saturated rings. The number of nitrogens with one attached hydrogen (secondary N) is 1. The number of aryl methyl sites for hydroxylation is 2. The molecule has 0 aliphatic rings. The topological polar surface area (TPSA) is 77.5 Å². The first-order chi connectivity index (χ1) is 12.0. The van der Waals surface area contributed by atoms with Gasteiger partial charge in [-0.3, -0.25) is 4.79 Å². The summed E-state index contributed by atoms with van der Waals surface area (Å²) in [5.74, 6) is 1.86. The van der Waals surface area contributed by atoms with Gasteiger partial charge in [0.25, 0.3) is 5.91 Å². The molecule has 1 aromatic carbocycles. The third kappa shape index (κ3) is 3.91. The summed E-state index contributed by atoms with van der Waals surface area (Å²) in [6, 6.07) is 10.5. The molecule has 3 rings (SSSR count). The van der Waals surface area contributed by atoms with Crippen molar-refractivity contribution in [3.63, 3.8) is 0 Å². The van der Waals surface area contributed by atoms with Gasteiger partial charge < -0.3 is 19.0 Å². The number of nitrogens with zero attached hydrogens (tertiary/aromatic N) is 1. The van der Waals surface area contributed by atoms with Gasteiger partial charge in [-0.15, -0.1) is 0 Å². The first-order valence-electron chi connectivity index (χ1n) is 8.03. The van der Waals surface area contributed by atoms with Crippen LogP contribution in [0.25, 0.3) is 0 Å². The summed E-state index contributed by atoms with van der Waals surface area (Å²) in [4.78, 5) is 12.4. The number of carbonyl (C=O) groups excluding carboxylic acids is 1. The zero-order valence-electron chi connectivity index (χ0n) is 14.4. The summed E-state index contributed by atoms with van der Waals surface area (Å²) in [6.07, 6.45) is 1.58. The molecule has 0 saturated carbocycles. The van der Waals surface area contributed by atoms with Gasteiger partial charge in [-0.25, -0.2) is 0 Å². The highest BCUT2D eigenvalue weighted by Gasteiger charge is 2.14. The predicted molar refractivity (Wildman–Crippen MR) is 91.3 cm³/mol. The number of carbonyl (C=O) groups is 1. The third-order valence-corrected chi connectivity index (χ3v) is 3.98. The van der Waals surface area contributed by atoms with E-state index < -0.39 is 0 Å². The van der Waals surface area contributed by atoms with Crippen LogP contribution in [0.4, 0.5) is 0 Å². The summed E-state index contributed by atoms with van der Waals surface area (Å²) < 4.78 is 16.2. The van der Waals surface area contributed by atoms with Crippen LogP contribution in [-0.2, 0) is 6.61 Å². The number of furan rings is 1. The van der Waals surface area contributed by atoms with E-state index in [4.69, 9.17) is 13.7 Å². The normalized spacial score (nSPS) is 12.0. The van der Waals surface area contributed by atoms with E-state index in [-0.39, 0.29) is 11.9 Å². The fourth-order valence-electron chi connectivity index (χ4n) is 2.48. The average molecular weight is 340 g/mol. The van der Waals surface area contributed by atoms with E-state index in [1.165, 1.54) is 0 Å². The summed E-state index contributed by atoms with van der Waals surface area (Å²) in [5, 5.41) is 6.80. The fourth-order valence-corrected chi connectivity index (χ4v) is 2.48. The van der Waals surface area contributed by atoms with E-state index >= 15 is 0 Å². The molecule has 1 N–H and O–H groups in total. The minimum atomic E-state index is -0.214. The second-order valence-electron chi connectivity index (χ2n) is 5.83. The minimum Gasteiger partial charge on any atom is -0.489 e. The number of rotatable bonds is 6. The lowest BCUT2D eigenvalue weighted by molar-refractivity contribution is 0.0935. The molecule has 25 heavy (non-hydrogen) atoms. The smallest absolute Gasteiger partial charge is 0.251 e. The van der Waals surface area contributed by atoms with E-state index in [0.717, 1.165) is 17.0 Å². The van der Waals surface area contributed by atoms with Gasteiger partial charge in [0.15, 0.2) is 0 Å². The van der Waals surface area contributed by atoms with Crippen molar-refractivity contribution in [3.8, 4) is 5.75 Å². The second-order valence-corrected chi connectivity index (χ2v) is 5.83. The maximum Gasteiger partial charge on any atom is 0.251 e. The van der Waals surface area contributed by atoms with Gasteiger partial charge in [0.1, 0.15) is 23.9 Å². The van der Waals surface area contributed by atoms with E-state index in [1.807, 2.05) is 32.9 Å². The predicted octanol–water partition coefficient (Wildman–Crippen LogP) is 3.95. The Kier molecular flexibility index (Phi) is 4.88. The summed E-state index contributed by atoms with van der Waals surface area (Å²) in [7, 11) is 0. The largest absolute Gasteiger partial charge is 0.489 e. The molecule has 2 heterocycles. The van der Waals surface area contributed by atoms with Gasteiger partial charge in [0.05, 0.1) is 23.6 Å². The zero-order chi connectivity index (χ0) is 17.8. The molecule has 130 valence electrons. The summed E-state index contributed by atoms with van der Waals surface area (Å²) in [5.41, 5.74) is 2.25. The third-order valence-electron chi connectivity index (χ3n) is 3.98. The first-order valence-corrected chi connectivity index (χ1v) is 8.03. The van der Waals surface area contributed by atoms with Crippen molar-refractivity contribution in [3.05, 3.63) is 71.0 Å². The SMILES string of the molecule is Cc1noc(C)c1COc1cccc(C(=O)N[C@H](C)c2ccco2)c1. The van der Waals surface area contributed by atoms with Gasteiger partial charge in [0.2, 0.25) is 0 Å². The Morgan fingerprint density at radius 3 is 2.80 bits per heavy atom. The monoisotopic (exact) mass is 340 g/mol. The van der Waals surface area contributed by atoms with Crippen LogP contribution >= 0.6 is 0 Å². The number of benzene rings is 1. The van der Waals surface area contributed by atoms with Gasteiger partial charge in [-0.05, 0) is 51.1 Å². The molecule has 0 spiro atoms. The molecule has 0 unspecified atom stereocenters. The van der Waals surface area contributed by atoms with Crippen LogP contribution in [0.5, 0.6) is 5.75 Å². The van der Waals surface area contributed by atoms with Gasteiger partial charge in [-0.1, -0.05) is 11.2 Å². The summed E-state index contributed by atoms with van der Waals surface area (Å²) >= 11 is 0. The Labute approximate surface area is 145 Å². The molecule has 0 radical (unpaired) electrons. The van der Waals surface area contributed by atoms with Crippen LogP contribution in [0.15, 0.2) is 51.6 Å². The maximum atomic E-state index is 12.4. The lowest BCUT2D eigenvalue weighted by atomic mass is 10.1. The molecular formula is C19H20N2O4. The number of aromatic nitrogens is 1. The molecule has 6 heteroatoms. The van der Waals surface area contributed by atoms with Crippen LogP contribution in [0.1, 0.15) is 46.1 Å². The molecule has 0 bridgehead atoms. The number of hydrogen-bond acceptors (Lipinski definition) is 5. The van der Waals surface area contributed by atoms with E-state index in [2.05, 4.69) is 10.5 Å². The minimum absolute atomic E-state index is 0.188. The lowest BCUT2D eigenvalue weighted by Gasteiger charge is -2.12. The Morgan fingerprint density at radius 2 is 2.12 bits per heavy atom. The zero-order valence-corrected chi connectivity index (χ0v) is 14.4. The highest BCUT2D eigenvalue weighted by molar-refractivity contribution is 5.94. The van der Waals surface area contributed by atoms with E-state index in [0.29, 0.717) is 23.7 Å². The van der Waals surface area contributed by atoms with Crippen LogP contribution in [0, 0.1) is 13.8 Å². The standard InChI is InChI=1S/C19H20N2O4/c1-12-17(14(3)25-21-12)11-24-16-7-4-6-15(10-16)19(22)20-13(2)18-8-5-9-23-18/h4-10,13H,11H2,1-3H3,(H,20,22)/t13-/m1/s1. The van der Waals surface area contributed by atoms with Crippen LogP contribution in [0.3, 0.4) is 0 Å². The fraction of sp³-hybridized carbons (Fsp3) is 0.263. The van der Waals surface area contributed by atoms with Crippen molar-refractivity contribution < 1.29 is 18.5 Å². The molecule has 3 aromatic rings. The molecule has 0 aliphatic carbocycles. The van der Waals surface area contributed by atoms with Crippen LogP contribution in [0.2, 0.25) is 0 Å². The van der Waals surface area contributed by atoms with Crippen molar-refractivity contribution in [2.75, 3.05) is 0 Å².